The van der Waals surface area contributed by atoms with Gasteiger partial charge in [-0.25, -0.2) is 0 Å². The molecule has 3 nitrogen and oxygen atoms in total. The fourth-order valence-electron chi connectivity index (χ4n) is 3.41. The van der Waals surface area contributed by atoms with Gasteiger partial charge in [-0.15, -0.1) is 0 Å². The van der Waals surface area contributed by atoms with Crippen molar-refractivity contribution >= 4 is 8.80 Å². The molecule has 0 aliphatic carbocycles. The summed E-state index contributed by atoms with van der Waals surface area (Å²) in [5.74, 6) is 8.21. The second-order valence-corrected chi connectivity index (χ2v) is 12.5. The monoisotopic (exact) mass is 449 g/mol. The van der Waals surface area contributed by atoms with E-state index in [1.807, 2.05) is 18.2 Å². The maximum Gasteiger partial charge on any atom is 0.125 e. The van der Waals surface area contributed by atoms with E-state index in [4.69, 9.17) is 9.47 Å². The molecule has 0 radical (unpaired) electrons. The number of benzene rings is 2. The first-order chi connectivity index (χ1) is 15.2. The minimum atomic E-state index is -1.14. The molecule has 1 unspecified atom stereocenters. The van der Waals surface area contributed by atoms with E-state index in [1.54, 1.807) is 7.11 Å². The maximum atomic E-state index is 6.54. The van der Waals surface area contributed by atoms with Gasteiger partial charge >= 0.3 is 0 Å². The van der Waals surface area contributed by atoms with Crippen molar-refractivity contribution < 1.29 is 9.47 Å². The summed E-state index contributed by atoms with van der Waals surface area (Å²) in [5, 5.41) is 0. The molecule has 0 N–H and O–H groups in total. The molecule has 0 aromatic heterocycles. The zero-order valence-corrected chi connectivity index (χ0v) is 22.0. The van der Waals surface area contributed by atoms with Gasteiger partial charge in [0.15, 0.2) is 0 Å². The van der Waals surface area contributed by atoms with Crippen molar-refractivity contribution in [2.45, 2.75) is 53.1 Å². The van der Waals surface area contributed by atoms with Gasteiger partial charge in [0, 0.05) is 24.1 Å². The molecule has 4 heteroatoms. The molecule has 32 heavy (non-hydrogen) atoms. The van der Waals surface area contributed by atoms with Gasteiger partial charge in [0.1, 0.15) is 17.2 Å². The number of allylic oxidation sites excluding steroid dienone is 1. The second-order valence-electron chi connectivity index (χ2n) is 9.42. The van der Waals surface area contributed by atoms with E-state index in [2.05, 4.69) is 100 Å². The van der Waals surface area contributed by atoms with E-state index in [-0.39, 0.29) is 11.1 Å². The van der Waals surface area contributed by atoms with Crippen molar-refractivity contribution in [3.05, 3.63) is 71.8 Å². The highest BCUT2D eigenvalue weighted by molar-refractivity contribution is 6.57. The predicted molar refractivity (Wildman–Crippen MR) is 139 cm³/mol. The van der Waals surface area contributed by atoms with Crippen LogP contribution >= 0.6 is 0 Å². The Balaban J connectivity index is 2.09. The smallest absolute Gasteiger partial charge is 0.125 e. The van der Waals surface area contributed by atoms with Crippen LogP contribution < -0.4 is 9.47 Å². The fraction of sp³-hybridized carbons (Fsp3) is 0.429. The van der Waals surface area contributed by atoms with Crippen LogP contribution in [-0.2, 0) is 6.54 Å². The molecular weight excluding hydrogens is 410 g/mol. The van der Waals surface area contributed by atoms with Crippen molar-refractivity contribution in [3.8, 4) is 23.3 Å². The number of hydrogen-bond acceptors (Lipinski definition) is 3. The van der Waals surface area contributed by atoms with E-state index >= 15 is 0 Å². The maximum absolute atomic E-state index is 6.54. The Morgan fingerprint density at radius 1 is 1.09 bits per heavy atom. The number of rotatable bonds is 10. The molecule has 0 aliphatic rings. The predicted octanol–water partition coefficient (Wildman–Crippen LogP) is 6.27. The molecule has 2 aromatic rings. The van der Waals surface area contributed by atoms with E-state index in [1.165, 1.54) is 5.56 Å². The normalized spacial score (nSPS) is 12.7. The summed E-state index contributed by atoms with van der Waals surface area (Å²) in [5.41, 5.74) is 2.49. The summed E-state index contributed by atoms with van der Waals surface area (Å²) < 4.78 is 12.1. The molecule has 2 rings (SSSR count). The van der Waals surface area contributed by atoms with Gasteiger partial charge in [0.25, 0.3) is 0 Å². The standard InChI is InChI=1S/C28H39NO2Si/c1-8-29(20-13-9-12-19-28(2,3)4)22-23-15-14-16-24(21-23)31-27(32(6)7)25-17-10-11-18-26(25)30-5/h9-11,13-18,21,27,32H,8,20,22H2,1-7H3/b13-9+. The van der Waals surface area contributed by atoms with Crippen LogP contribution in [0, 0.1) is 17.3 Å². The lowest BCUT2D eigenvalue weighted by atomic mass is 9.98. The highest BCUT2D eigenvalue weighted by Crippen LogP contribution is 2.31. The van der Waals surface area contributed by atoms with Crippen molar-refractivity contribution in [1.82, 2.24) is 4.90 Å². The molecule has 0 heterocycles. The molecule has 0 spiro atoms. The molecular formula is C28H39NO2Si. The van der Waals surface area contributed by atoms with Gasteiger partial charge in [0.2, 0.25) is 0 Å². The van der Waals surface area contributed by atoms with E-state index in [0.717, 1.165) is 36.7 Å². The number of nitrogens with zero attached hydrogens (tertiary/aromatic N) is 1. The van der Waals surface area contributed by atoms with Crippen molar-refractivity contribution in [3.63, 3.8) is 0 Å². The molecule has 0 bridgehead atoms. The summed E-state index contributed by atoms with van der Waals surface area (Å²) >= 11 is 0. The van der Waals surface area contributed by atoms with Crippen LogP contribution in [0.5, 0.6) is 11.5 Å². The lowest BCUT2D eigenvalue weighted by Gasteiger charge is -2.25. The Hall–Kier alpha value is -2.48. The lowest BCUT2D eigenvalue weighted by molar-refractivity contribution is 0.270. The quantitative estimate of drug-likeness (QED) is 0.315. The number of hydrogen-bond donors (Lipinski definition) is 0. The Morgan fingerprint density at radius 2 is 1.84 bits per heavy atom. The molecule has 0 saturated carbocycles. The molecule has 0 amide bonds. The molecule has 0 aliphatic heterocycles. The van der Waals surface area contributed by atoms with Gasteiger partial charge in [-0.2, -0.15) is 0 Å². The highest BCUT2D eigenvalue weighted by Gasteiger charge is 2.22. The van der Waals surface area contributed by atoms with Gasteiger partial charge in [-0.1, -0.05) is 68.3 Å². The first kappa shape index (κ1) is 25.8. The number of ether oxygens (including phenoxy) is 2. The van der Waals surface area contributed by atoms with Gasteiger partial charge < -0.3 is 9.47 Å². The molecule has 0 saturated heterocycles. The lowest BCUT2D eigenvalue weighted by Crippen LogP contribution is -2.24. The Labute approximate surface area is 197 Å². The largest absolute Gasteiger partial charge is 0.496 e. The fourth-order valence-corrected chi connectivity index (χ4v) is 4.83. The topological polar surface area (TPSA) is 21.7 Å². The molecule has 2 aromatic carbocycles. The van der Waals surface area contributed by atoms with Crippen LogP contribution in [0.1, 0.15) is 44.5 Å². The molecule has 0 fully saturated rings. The molecule has 1 atom stereocenters. The Bertz CT molecular complexity index is 934. The number of para-hydroxylation sites is 1. The minimum Gasteiger partial charge on any atom is -0.496 e. The van der Waals surface area contributed by atoms with Crippen molar-refractivity contribution in [2.75, 3.05) is 20.2 Å². The van der Waals surface area contributed by atoms with Gasteiger partial charge in [-0.05, 0) is 57.2 Å². The van der Waals surface area contributed by atoms with Crippen LogP contribution in [0.4, 0.5) is 0 Å². The van der Waals surface area contributed by atoms with Crippen LogP contribution in [-0.4, -0.2) is 33.9 Å². The van der Waals surface area contributed by atoms with Crippen LogP contribution in [0.25, 0.3) is 0 Å². The third kappa shape index (κ3) is 8.57. The third-order valence-corrected chi connectivity index (χ3v) is 6.78. The van der Waals surface area contributed by atoms with Crippen molar-refractivity contribution in [1.29, 1.82) is 0 Å². The third-order valence-electron chi connectivity index (χ3n) is 5.08. The highest BCUT2D eigenvalue weighted by atomic mass is 28.3. The Morgan fingerprint density at radius 3 is 2.50 bits per heavy atom. The van der Waals surface area contributed by atoms with E-state index in [9.17, 15) is 0 Å². The number of methoxy groups -OCH3 is 1. The van der Waals surface area contributed by atoms with E-state index in [0.29, 0.717) is 0 Å². The van der Waals surface area contributed by atoms with Crippen molar-refractivity contribution in [2.24, 2.45) is 5.41 Å². The SMILES string of the molecule is CCN(C/C=C/C#CC(C)(C)C)Cc1cccc(OC(c2ccccc2OC)[SiH](C)C)c1. The number of likely N-dealkylation sites (N-methyl/N-ethyl adjacent to an activating group) is 1. The summed E-state index contributed by atoms with van der Waals surface area (Å²) in [4.78, 5) is 2.39. The first-order valence-electron chi connectivity index (χ1n) is 11.5. The minimum absolute atomic E-state index is 0.0374. The summed E-state index contributed by atoms with van der Waals surface area (Å²) in [6.07, 6.45) is 4.11. The van der Waals surface area contributed by atoms with Crippen LogP contribution in [0.3, 0.4) is 0 Å². The van der Waals surface area contributed by atoms with Crippen LogP contribution in [0.2, 0.25) is 13.1 Å². The summed E-state index contributed by atoms with van der Waals surface area (Å²) in [6.45, 7) is 15.9. The van der Waals surface area contributed by atoms with Gasteiger partial charge in [-0.3, -0.25) is 4.90 Å². The zero-order valence-electron chi connectivity index (χ0n) is 20.8. The molecule has 172 valence electrons. The Kier molecular flexibility index (Phi) is 10.1. The first-order valence-corrected chi connectivity index (χ1v) is 14.5. The van der Waals surface area contributed by atoms with Gasteiger partial charge in [0.05, 0.1) is 15.9 Å². The van der Waals surface area contributed by atoms with Crippen LogP contribution in [0.15, 0.2) is 60.7 Å². The zero-order chi connectivity index (χ0) is 23.6. The summed E-state index contributed by atoms with van der Waals surface area (Å²) in [7, 11) is 0.579. The average Bonchev–Trinajstić information content (AvgIpc) is 2.75. The second kappa shape index (κ2) is 12.5. The summed E-state index contributed by atoms with van der Waals surface area (Å²) in [6, 6.07) is 16.7. The average molecular weight is 450 g/mol. The van der Waals surface area contributed by atoms with E-state index < -0.39 is 8.80 Å².